The van der Waals surface area contributed by atoms with E-state index in [4.69, 9.17) is 9.90 Å². The van der Waals surface area contributed by atoms with E-state index in [1.807, 2.05) is 0 Å². The number of carbonyl (C=O) groups excluding carboxylic acids is 1. The molecule has 1 amide bonds. The van der Waals surface area contributed by atoms with Gasteiger partial charge in [0.05, 0.1) is 11.3 Å². The number of carbonyl (C=O) groups is 2. The van der Waals surface area contributed by atoms with Crippen LogP contribution in [0.4, 0.5) is 26.3 Å². The number of nitrogens with zero attached hydrogens (tertiary/aromatic N) is 3. The van der Waals surface area contributed by atoms with Gasteiger partial charge in [0, 0.05) is 25.8 Å². The van der Waals surface area contributed by atoms with Gasteiger partial charge in [0.1, 0.15) is 11.9 Å². The lowest BCUT2D eigenvalue weighted by Crippen LogP contribution is -2.59. The highest BCUT2D eigenvalue weighted by Crippen LogP contribution is 2.27. The Balaban J connectivity index is 0.000000445. The lowest BCUT2D eigenvalue weighted by atomic mass is 10.1. The van der Waals surface area contributed by atoms with Crippen molar-refractivity contribution in [2.45, 2.75) is 32.2 Å². The zero-order valence-corrected chi connectivity index (χ0v) is 14.1. The molecule has 152 valence electrons. The summed E-state index contributed by atoms with van der Waals surface area (Å²) in [5, 5.41) is 9.78. The number of carboxylic acids is 1. The minimum absolute atomic E-state index is 0.0102. The maximum atomic E-state index is 13.0. The molecule has 1 atom stereocenters. The molecule has 1 fully saturated rings. The monoisotopic (exact) mass is 402 g/mol. The maximum absolute atomic E-state index is 13.0. The van der Waals surface area contributed by atoms with Crippen LogP contribution in [0.3, 0.4) is 0 Å². The summed E-state index contributed by atoms with van der Waals surface area (Å²) in [5.41, 5.74) is 0.508. The van der Waals surface area contributed by atoms with Crippen LogP contribution in [0.1, 0.15) is 21.9 Å². The Kier molecular flexibility index (Phi) is 7.11. The molecule has 0 aromatic carbocycles. The van der Waals surface area contributed by atoms with Crippen molar-refractivity contribution in [1.82, 2.24) is 20.2 Å². The molecule has 0 saturated carbocycles. The van der Waals surface area contributed by atoms with Crippen molar-refractivity contribution in [3.63, 3.8) is 0 Å². The first-order valence-electron chi connectivity index (χ1n) is 7.44. The zero-order chi connectivity index (χ0) is 21.0. The number of aromatic nitrogens is 2. The molecule has 27 heavy (non-hydrogen) atoms. The van der Waals surface area contributed by atoms with E-state index in [2.05, 4.69) is 15.3 Å². The molecular weight excluding hydrogens is 386 g/mol. The van der Waals surface area contributed by atoms with Gasteiger partial charge in [-0.1, -0.05) is 0 Å². The van der Waals surface area contributed by atoms with Crippen LogP contribution in [-0.2, 0) is 4.79 Å². The van der Waals surface area contributed by atoms with Gasteiger partial charge >= 0.3 is 18.3 Å². The second kappa shape index (κ2) is 8.50. The summed E-state index contributed by atoms with van der Waals surface area (Å²) in [6, 6.07) is -1.82. The second-order valence-corrected chi connectivity index (χ2v) is 5.48. The van der Waals surface area contributed by atoms with Crippen molar-refractivity contribution in [1.29, 1.82) is 0 Å². The lowest BCUT2D eigenvalue weighted by molar-refractivity contribution is -0.192. The molecule has 0 aliphatic carbocycles. The van der Waals surface area contributed by atoms with Crippen LogP contribution in [0.2, 0.25) is 0 Å². The summed E-state index contributed by atoms with van der Waals surface area (Å²) < 4.78 is 70.6. The molecule has 1 unspecified atom stereocenters. The van der Waals surface area contributed by atoms with Crippen LogP contribution in [0.15, 0.2) is 6.20 Å². The molecule has 1 aliphatic rings. The average Bonchev–Trinajstić information content (AvgIpc) is 2.53. The van der Waals surface area contributed by atoms with Gasteiger partial charge in [-0.2, -0.15) is 26.3 Å². The van der Waals surface area contributed by atoms with E-state index in [0.717, 1.165) is 4.90 Å². The molecule has 1 aromatic heterocycles. The number of piperazine rings is 1. The quantitative estimate of drug-likeness (QED) is 0.695. The van der Waals surface area contributed by atoms with Crippen LogP contribution in [0.5, 0.6) is 0 Å². The number of rotatable bonds is 1. The summed E-state index contributed by atoms with van der Waals surface area (Å²) in [6.45, 7) is 3.30. The Morgan fingerprint density at radius 1 is 1.22 bits per heavy atom. The van der Waals surface area contributed by atoms with E-state index >= 15 is 0 Å². The van der Waals surface area contributed by atoms with Crippen LogP contribution < -0.4 is 5.32 Å². The number of halogens is 6. The number of amides is 1. The summed E-state index contributed by atoms with van der Waals surface area (Å²) in [6.07, 6.45) is -8.25. The number of hydrogen-bond acceptors (Lipinski definition) is 5. The number of hydrogen-bond donors (Lipinski definition) is 2. The third-order valence-corrected chi connectivity index (χ3v) is 3.45. The topological polar surface area (TPSA) is 95.4 Å². The molecule has 0 spiro atoms. The van der Waals surface area contributed by atoms with E-state index < -0.39 is 30.3 Å². The molecule has 0 radical (unpaired) electrons. The Morgan fingerprint density at radius 3 is 2.22 bits per heavy atom. The van der Waals surface area contributed by atoms with Gasteiger partial charge in [0.2, 0.25) is 0 Å². The molecule has 1 aromatic rings. The van der Waals surface area contributed by atoms with Crippen LogP contribution in [0, 0.1) is 13.8 Å². The molecule has 0 bridgehead atoms. The fourth-order valence-corrected chi connectivity index (χ4v) is 2.19. The van der Waals surface area contributed by atoms with Crippen LogP contribution >= 0.6 is 0 Å². The summed E-state index contributed by atoms with van der Waals surface area (Å²) in [5.74, 6) is -2.95. The van der Waals surface area contributed by atoms with Gasteiger partial charge in [0.25, 0.3) is 5.91 Å². The Bertz CT molecular complexity index is 692. The fourth-order valence-electron chi connectivity index (χ4n) is 2.19. The predicted octanol–water partition coefficient (Wildman–Crippen LogP) is 1.70. The van der Waals surface area contributed by atoms with Crippen molar-refractivity contribution in [3.8, 4) is 0 Å². The van der Waals surface area contributed by atoms with Crippen LogP contribution in [-0.4, -0.2) is 69.9 Å². The minimum atomic E-state index is -5.08. The lowest BCUT2D eigenvalue weighted by Gasteiger charge is -2.37. The number of carboxylic acid groups (broad SMARTS) is 1. The van der Waals surface area contributed by atoms with E-state index in [9.17, 15) is 31.1 Å². The largest absolute Gasteiger partial charge is 0.490 e. The smallest absolute Gasteiger partial charge is 0.475 e. The Morgan fingerprint density at radius 2 is 1.78 bits per heavy atom. The van der Waals surface area contributed by atoms with Crippen molar-refractivity contribution in [2.75, 3.05) is 19.6 Å². The number of aryl methyl sites for hydroxylation is 2. The molecule has 1 aliphatic heterocycles. The highest BCUT2D eigenvalue weighted by Gasteiger charge is 2.46. The summed E-state index contributed by atoms with van der Waals surface area (Å²) >= 11 is 0. The zero-order valence-electron chi connectivity index (χ0n) is 14.1. The molecule has 2 heterocycles. The SMILES string of the molecule is Cc1ncc(C(=O)N2CCNCC2C(F)(F)F)c(C)n1.O=C(O)C(F)(F)F. The van der Waals surface area contributed by atoms with Crippen molar-refractivity contribution in [3.05, 3.63) is 23.3 Å². The standard InChI is InChI=1S/C12H15F3N4O.C2HF3O2/c1-7-9(5-17-8(2)18-7)11(20)19-4-3-16-6-10(19)12(13,14)15;3-2(4,5)1(6)7/h5,10,16H,3-4,6H2,1-2H3;(H,6,7). The predicted molar refractivity (Wildman–Crippen MR) is 78.9 cm³/mol. The normalized spacial score (nSPS) is 17.8. The first-order chi connectivity index (χ1) is 12.2. The van der Waals surface area contributed by atoms with Gasteiger partial charge in [-0.05, 0) is 13.8 Å². The van der Waals surface area contributed by atoms with E-state index in [1.54, 1.807) is 13.8 Å². The van der Waals surface area contributed by atoms with Gasteiger partial charge in [-0.3, -0.25) is 4.79 Å². The third-order valence-electron chi connectivity index (χ3n) is 3.45. The second-order valence-electron chi connectivity index (χ2n) is 5.48. The Labute approximate surface area is 149 Å². The minimum Gasteiger partial charge on any atom is -0.475 e. The van der Waals surface area contributed by atoms with E-state index in [0.29, 0.717) is 18.1 Å². The van der Waals surface area contributed by atoms with Gasteiger partial charge < -0.3 is 15.3 Å². The highest BCUT2D eigenvalue weighted by molar-refractivity contribution is 5.95. The maximum Gasteiger partial charge on any atom is 0.490 e. The van der Waals surface area contributed by atoms with Crippen molar-refractivity contribution >= 4 is 11.9 Å². The average molecular weight is 402 g/mol. The highest BCUT2D eigenvalue weighted by atomic mass is 19.4. The van der Waals surface area contributed by atoms with Crippen molar-refractivity contribution < 1.29 is 41.0 Å². The summed E-state index contributed by atoms with van der Waals surface area (Å²) in [4.78, 5) is 30.0. The summed E-state index contributed by atoms with van der Waals surface area (Å²) in [7, 11) is 0. The molecule has 7 nitrogen and oxygen atoms in total. The van der Waals surface area contributed by atoms with Crippen LogP contribution in [0.25, 0.3) is 0 Å². The van der Waals surface area contributed by atoms with Gasteiger partial charge in [-0.15, -0.1) is 0 Å². The number of alkyl halides is 6. The van der Waals surface area contributed by atoms with E-state index in [-0.39, 0.29) is 18.7 Å². The molecule has 1 saturated heterocycles. The van der Waals surface area contributed by atoms with Gasteiger partial charge in [-0.25, -0.2) is 14.8 Å². The van der Waals surface area contributed by atoms with Gasteiger partial charge in [0.15, 0.2) is 0 Å². The third kappa shape index (κ3) is 6.34. The first-order valence-corrected chi connectivity index (χ1v) is 7.44. The fraction of sp³-hybridized carbons (Fsp3) is 0.571. The molecule has 2 rings (SSSR count). The Hall–Kier alpha value is -2.44. The molecule has 13 heteroatoms. The van der Waals surface area contributed by atoms with E-state index in [1.165, 1.54) is 6.20 Å². The molecule has 2 N–H and O–H groups in total. The first kappa shape index (κ1) is 22.6. The molecular formula is C14H16F6N4O3. The number of nitrogens with one attached hydrogen (secondary N) is 1. The number of aliphatic carboxylic acids is 1. The van der Waals surface area contributed by atoms with Crippen molar-refractivity contribution in [2.24, 2.45) is 0 Å².